The summed E-state index contributed by atoms with van der Waals surface area (Å²) >= 11 is 0. The highest BCUT2D eigenvalue weighted by Crippen LogP contribution is 2.41. The minimum Gasteiger partial charge on any atom is -0.472 e. The fourth-order valence-corrected chi connectivity index (χ4v) is 4.59. The lowest BCUT2D eigenvalue weighted by Crippen LogP contribution is -2.47. The number of rotatable bonds is 4. The number of carbonyl (C=O) groups is 1. The smallest absolute Gasteiger partial charge is 0.417 e. The quantitative estimate of drug-likeness (QED) is 0.593. The number of halogens is 3. The highest BCUT2D eigenvalue weighted by Gasteiger charge is 2.49. The van der Waals surface area contributed by atoms with Gasteiger partial charge >= 0.3 is 6.18 Å². The molecule has 1 aliphatic heterocycles. The fraction of sp³-hybridized carbons (Fsp3) is 0.348. The zero-order valence-electron chi connectivity index (χ0n) is 17.7. The summed E-state index contributed by atoms with van der Waals surface area (Å²) in [6.45, 7) is 2.45. The zero-order chi connectivity index (χ0) is 23.2. The summed E-state index contributed by atoms with van der Waals surface area (Å²) in [5.74, 6) is 0.554. The Labute approximate surface area is 187 Å². The topological polar surface area (TPSA) is 81.1 Å². The number of ether oxygens (including phenoxy) is 1. The number of hydrogen-bond acceptors (Lipinski definition) is 6. The van der Waals surface area contributed by atoms with Gasteiger partial charge in [-0.15, -0.1) is 0 Å². The molecule has 1 amide bonds. The van der Waals surface area contributed by atoms with Gasteiger partial charge in [-0.25, -0.2) is 15.0 Å². The maximum atomic E-state index is 13.6. The Morgan fingerprint density at radius 1 is 1.09 bits per heavy atom. The van der Waals surface area contributed by atoms with Crippen LogP contribution in [0.1, 0.15) is 34.3 Å². The van der Waals surface area contributed by atoms with Crippen molar-refractivity contribution in [2.24, 2.45) is 5.92 Å². The van der Waals surface area contributed by atoms with Crippen LogP contribution in [0.25, 0.3) is 11.5 Å². The number of alkyl halides is 3. The Hall–Kier alpha value is -3.56. The van der Waals surface area contributed by atoms with E-state index in [4.69, 9.17) is 4.74 Å². The molecule has 1 saturated heterocycles. The molecule has 3 atom stereocenters. The zero-order valence-corrected chi connectivity index (χ0v) is 17.7. The first kappa shape index (κ1) is 21.3. The van der Waals surface area contributed by atoms with Crippen molar-refractivity contribution in [1.82, 2.24) is 24.8 Å². The van der Waals surface area contributed by atoms with Crippen molar-refractivity contribution < 1.29 is 22.7 Å². The van der Waals surface area contributed by atoms with Crippen LogP contribution in [0.15, 0.2) is 49.1 Å². The van der Waals surface area contributed by atoms with Crippen LogP contribution in [0.4, 0.5) is 13.2 Å². The molecule has 1 saturated carbocycles. The summed E-state index contributed by atoms with van der Waals surface area (Å²) in [4.78, 5) is 32.0. The third-order valence-electron chi connectivity index (χ3n) is 6.05. The number of hydrogen-bond donors (Lipinski definition) is 0. The first-order valence-electron chi connectivity index (χ1n) is 10.5. The van der Waals surface area contributed by atoms with Gasteiger partial charge in [0.25, 0.3) is 5.91 Å². The summed E-state index contributed by atoms with van der Waals surface area (Å²) < 4.78 is 44.3. The number of amides is 1. The normalized spacial score (nSPS) is 21.9. The Morgan fingerprint density at radius 2 is 1.88 bits per heavy atom. The monoisotopic (exact) mass is 455 g/mol. The van der Waals surface area contributed by atoms with E-state index in [1.807, 2.05) is 6.92 Å². The van der Waals surface area contributed by atoms with E-state index in [0.29, 0.717) is 23.6 Å². The fourth-order valence-electron chi connectivity index (χ4n) is 4.59. The maximum absolute atomic E-state index is 13.6. The summed E-state index contributed by atoms with van der Waals surface area (Å²) in [6.07, 6.45) is 2.31. The molecule has 5 rings (SSSR count). The van der Waals surface area contributed by atoms with E-state index in [2.05, 4.69) is 19.9 Å². The molecule has 3 aromatic rings. The number of carbonyl (C=O) groups excluding carboxylic acids is 1. The molecule has 2 fully saturated rings. The van der Waals surface area contributed by atoms with Crippen LogP contribution < -0.4 is 4.74 Å². The van der Waals surface area contributed by atoms with Gasteiger partial charge in [0.05, 0.1) is 17.2 Å². The van der Waals surface area contributed by atoms with Crippen molar-refractivity contribution in [3.63, 3.8) is 0 Å². The molecule has 10 heteroatoms. The third-order valence-corrected chi connectivity index (χ3v) is 6.05. The lowest BCUT2D eigenvalue weighted by molar-refractivity contribution is -0.137. The van der Waals surface area contributed by atoms with E-state index in [1.165, 1.54) is 6.07 Å². The van der Waals surface area contributed by atoms with E-state index >= 15 is 0 Å². The third kappa shape index (κ3) is 4.12. The lowest BCUT2D eigenvalue weighted by Gasteiger charge is -2.33. The SMILES string of the molecule is Cc1cnc(-c2ncccn2)c(C(=O)N2C[C@H]3C[C@@H](Oc4ccc(C(F)(F)F)cn4)[C@@H]2C3)c1. The first-order chi connectivity index (χ1) is 15.8. The van der Waals surface area contributed by atoms with E-state index in [1.54, 1.807) is 35.6 Å². The number of nitrogens with zero attached hydrogens (tertiary/aromatic N) is 5. The van der Waals surface area contributed by atoms with Crippen molar-refractivity contribution in [1.29, 1.82) is 0 Å². The van der Waals surface area contributed by atoms with Crippen molar-refractivity contribution >= 4 is 5.91 Å². The van der Waals surface area contributed by atoms with Gasteiger partial charge in [0.15, 0.2) is 5.82 Å². The second kappa shape index (κ2) is 8.09. The molecular formula is C23H20F3N5O2. The minimum atomic E-state index is -4.46. The number of likely N-dealkylation sites (tertiary alicyclic amines) is 1. The Morgan fingerprint density at radius 3 is 2.55 bits per heavy atom. The summed E-state index contributed by atoms with van der Waals surface area (Å²) in [5, 5.41) is 0. The van der Waals surface area contributed by atoms with Gasteiger partial charge in [-0.05, 0) is 49.4 Å². The highest BCUT2D eigenvalue weighted by molar-refractivity contribution is 5.99. The predicted octanol–water partition coefficient (Wildman–Crippen LogP) is 3.94. The van der Waals surface area contributed by atoms with Crippen LogP contribution in [-0.2, 0) is 6.18 Å². The summed E-state index contributed by atoms with van der Waals surface area (Å²) in [7, 11) is 0. The average Bonchev–Trinajstić information content (AvgIpc) is 3.39. The predicted molar refractivity (Wildman–Crippen MR) is 111 cm³/mol. The largest absolute Gasteiger partial charge is 0.472 e. The van der Waals surface area contributed by atoms with Gasteiger partial charge in [-0.1, -0.05) is 0 Å². The number of fused-ring (bicyclic) bond motifs is 2. The van der Waals surface area contributed by atoms with Crippen molar-refractivity contribution in [3.8, 4) is 17.4 Å². The van der Waals surface area contributed by atoms with E-state index in [0.717, 1.165) is 30.7 Å². The Balaban J connectivity index is 1.37. The van der Waals surface area contributed by atoms with Gasteiger partial charge in [0.2, 0.25) is 5.88 Å². The molecule has 0 unspecified atom stereocenters. The molecule has 0 aromatic carbocycles. The van der Waals surface area contributed by atoms with Gasteiger partial charge in [0, 0.05) is 37.4 Å². The molecule has 2 aliphatic rings. The van der Waals surface area contributed by atoms with E-state index in [-0.39, 0.29) is 29.9 Å². The second-order valence-electron chi connectivity index (χ2n) is 8.38. The van der Waals surface area contributed by atoms with Gasteiger partial charge < -0.3 is 9.64 Å². The highest BCUT2D eigenvalue weighted by atomic mass is 19.4. The van der Waals surface area contributed by atoms with Crippen molar-refractivity contribution in [2.75, 3.05) is 6.54 Å². The molecule has 2 bridgehead atoms. The molecular weight excluding hydrogens is 435 g/mol. The van der Waals surface area contributed by atoms with E-state index in [9.17, 15) is 18.0 Å². The molecule has 0 N–H and O–H groups in total. The standard InChI is InChI=1S/C23H20F3N5O2/c1-13-7-16(20(30-10-13)21-27-5-2-6-28-21)22(32)31-12-14-8-17(31)18(9-14)33-19-4-3-15(11-29-19)23(24,25)26/h2-7,10-11,14,17-18H,8-9,12H2,1H3/t14-,17+,18-/m1/s1. The van der Waals surface area contributed by atoms with Crippen LogP contribution in [-0.4, -0.2) is 49.4 Å². The van der Waals surface area contributed by atoms with Gasteiger partial charge in [-0.2, -0.15) is 13.2 Å². The molecule has 7 nitrogen and oxygen atoms in total. The van der Waals surface area contributed by atoms with Crippen LogP contribution in [0.2, 0.25) is 0 Å². The van der Waals surface area contributed by atoms with Crippen LogP contribution >= 0.6 is 0 Å². The molecule has 4 heterocycles. The van der Waals surface area contributed by atoms with Crippen molar-refractivity contribution in [2.45, 2.75) is 38.1 Å². The molecule has 3 aromatic heterocycles. The second-order valence-corrected chi connectivity index (χ2v) is 8.38. The molecule has 33 heavy (non-hydrogen) atoms. The number of pyridine rings is 2. The summed E-state index contributed by atoms with van der Waals surface area (Å²) in [5.41, 5.74) is 0.836. The lowest BCUT2D eigenvalue weighted by atomic mass is 10.0. The molecule has 170 valence electrons. The summed E-state index contributed by atoms with van der Waals surface area (Å²) in [6, 6.07) is 5.44. The minimum absolute atomic E-state index is 0.114. The van der Waals surface area contributed by atoms with Gasteiger partial charge in [-0.3, -0.25) is 9.78 Å². The number of aryl methyl sites for hydroxylation is 1. The first-order valence-corrected chi connectivity index (χ1v) is 10.5. The van der Waals surface area contributed by atoms with Crippen molar-refractivity contribution in [3.05, 3.63) is 65.7 Å². The van der Waals surface area contributed by atoms with E-state index < -0.39 is 11.7 Å². The van der Waals surface area contributed by atoms with Crippen LogP contribution in [0, 0.1) is 12.8 Å². The average molecular weight is 455 g/mol. The van der Waals surface area contributed by atoms with Crippen LogP contribution in [0.5, 0.6) is 5.88 Å². The van der Waals surface area contributed by atoms with Gasteiger partial charge in [0.1, 0.15) is 11.8 Å². The molecule has 0 spiro atoms. The molecule has 1 aliphatic carbocycles. The Kier molecular flexibility index (Phi) is 5.22. The molecule has 0 radical (unpaired) electrons. The Bertz CT molecular complexity index is 1170. The maximum Gasteiger partial charge on any atom is 0.417 e. The van der Waals surface area contributed by atoms with Crippen LogP contribution in [0.3, 0.4) is 0 Å². The number of aromatic nitrogens is 4. The number of piperidine rings is 1.